The van der Waals surface area contributed by atoms with Crippen LogP contribution in [0.2, 0.25) is 0 Å². The van der Waals surface area contributed by atoms with Crippen LogP contribution in [0.5, 0.6) is 5.75 Å². The monoisotopic (exact) mass is 222 g/mol. The van der Waals surface area contributed by atoms with Crippen LogP contribution in [0.25, 0.3) is 0 Å². The third kappa shape index (κ3) is 4.76. The topological polar surface area (TPSA) is 9.23 Å². The quantitative estimate of drug-likeness (QED) is 0.550. The van der Waals surface area contributed by atoms with E-state index in [0.717, 1.165) is 11.3 Å². The third-order valence-electron chi connectivity index (χ3n) is 1.67. The van der Waals surface area contributed by atoms with Crippen molar-refractivity contribution in [2.45, 2.75) is 25.6 Å². The number of hydrogen-bond acceptors (Lipinski definition) is 1. The van der Waals surface area contributed by atoms with Crippen molar-refractivity contribution in [3.63, 3.8) is 0 Å². The van der Waals surface area contributed by atoms with Gasteiger partial charge >= 0.3 is 0 Å². The van der Waals surface area contributed by atoms with Gasteiger partial charge in [-0.25, -0.2) is 0 Å². The molecule has 0 aliphatic rings. The van der Waals surface area contributed by atoms with Gasteiger partial charge in [-0.05, 0) is 45.0 Å². The summed E-state index contributed by atoms with van der Waals surface area (Å²) in [4.78, 5) is -0.474. The number of hydrogen-bond donors (Lipinski definition) is 0. The Morgan fingerprint density at radius 2 is 1.87 bits per heavy atom. The highest BCUT2D eigenvalue weighted by atomic mass is 35.5. The molecule has 0 aliphatic heterocycles. The summed E-state index contributed by atoms with van der Waals surface area (Å²) < 4.78 is 5.33. The van der Waals surface area contributed by atoms with Crippen LogP contribution in [-0.2, 0) is 0 Å². The van der Waals surface area contributed by atoms with Crippen LogP contribution in [0.4, 0.5) is 0 Å². The molecule has 0 unspecified atom stereocenters. The standard InChI is InChI=1S/C13H15ClO/c1-4-15-12-7-5-11(6-8-12)9-10-13(2,3)14/h5-8H,4H2,1-3H3. The molecule has 0 saturated heterocycles. The normalized spacial score (nSPS) is 10.4. The summed E-state index contributed by atoms with van der Waals surface area (Å²) in [5, 5.41) is 0. The molecule has 0 aliphatic carbocycles. The Balaban J connectivity index is 2.75. The van der Waals surface area contributed by atoms with E-state index < -0.39 is 4.87 Å². The van der Waals surface area contributed by atoms with E-state index in [1.54, 1.807) is 0 Å². The number of benzene rings is 1. The molecular formula is C13H15ClO. The summed E-state index contributed by atoms with van der Waals surface area (Å²) >= 11 is 5.97. The fraction of sp³-hybridized carbons (Fsp3) is 0.385. The van der Waals surface area contributed by atoms with E-state index in [1.165, 1.54) is 0 Å². The lowest BCUT2D eigenvalue weighted by atomic mass is 10.1. The molecular weight excluding hydrogens is 208 g/mol. The summed E-state index contributed by atoms with van der Waals surface area (Å²) in [5.41, 5.74) is 0.951. The summed E-state index contributed by atoms with van der Waals surface area (Å²) in [5.74, 6) is 6.85. The zero-order valence-electron chi connectivity index (χ0n) is 9.30. The molecule has 0 saturated carbocycles. The summed E-state index contributed by atoms with van der Waals surface area (Å²) in [7, 11) is 0. The minimum atomic E-state index is -0.474. The Bertz CT molecular complexity index is 362. The van der Waals surface area contributed by atoms with Gasteiger partial charge in [-0.2, -0.15) is 0 Å². The zero-order valence-corrected chi connectivity index (χ0v) is 10.1. The van der Waals surface area contributed by atoms with Gasteiger partial charge in [0.25, 0.3) is 0 Å². The van der Waals surface area contributed by atoms with Gasteiger partial charge in [-0.1, -0.05) is 11.8 Å². The molecule has 0 N–H and O–H groups in total. The van der Waals surface area contributed by atoms with E-state index in [4.69, 9.17) is 16.3 Å². The Kier molecular flexibility index (Phi) is 4.05. The van der Waals surface area contributed by atoms with Crippen LogP contribution in [0, 0.1) is 11.8 Å². The average Bonchev–Trinajstić information content (AvgIpc) is 2.16. The molecule has 2 heteroatoms. The second-order valence-corrected chi connectivity index (χ2v) is 4.62. The molecule has 0 fully saturated rings. The maximum absolute atomic E-state index is 5.97. The Hall–Kier alpha value is -1.13. The molecule has 1 aromatic carbocycles. The highest BCUT2D eigenvalue weighted by molar-refractivity contribution is 6.25. The van der Waals surface area contributed by atoms with Crippen molar-refractivity contribution in [3.8, 4) is 17.6 Å². The first kappa shape index (κ1) is 11.9. The molecule has 0 spiro atoms. The molecule has 0 atom stereocenters. The molecule has 15 heavy (non-hydrogen) atoms. The van der Waals surface area contributed by atoms with Crippen molar-refractivity contribution in [3.05, 3.63) is 29.8 Å². The first-order valence-corrected chi connectivity index (χ1v) is 5.34. The Labute approximate surface area is 96.4 Å². The van der Waals surface area contributed by atoms with Gasteiger partial charge in [-0.15, -0.1) is 11.6 Å². The maximum atomic E-state index is 5.97. The van der Waals surface area contributed by atoms with E-state index in [-0.39, 0.29) is 0 Å². The number of ether oxygens (including phenoxy) is 1. The van der Waals surface area contributed by atoms with Crippen molar-refractivity contribution < 1.29 is 4.74 Å². The van der Waals surface area contributed by atoms with Crippen molar-refractivity contribution in [1.82, 2.24) is 0 Å². The SMILES string of the molecule is CCOc1ccc(C#CC(C)(C)Cl)cc1. The van der Waals surface area contributed by atoms with Gasteiger partial charge in [0.1, 0.15) is 5.75 Å². The molecule has 0 radical (unpaired) electrons. The minimum absolute atomic E-state index is 0.474. The van der Waals surface area contributed by atoms with E-state index >= 15 is 0 Å². The Morgan fingerprint density at radius 3 is 2.33 bits per heavy atom. The average molecular weight is 223 g/mol. The molecule has 0 bridgehead atoms. The van der Waals surface area contributed by atoms with Crippen LogP contribution in [0.1, 0.15) is 26.3 Å². The van der Waals surface area contributed by atoms with Crippen molar-refractivity contribution in [1.29, 1.82) is 0 Å². The predicted octanol–water partition coefficient (Wildman–Crippen LogP) is 3.45. The first-order valence-electron chi connectivity index (χ1n) is 4.96. The van der Waals surface area contributed by atoms with Crippen molar-refractivity contribution in [2.24, 2.45) is 0 Å². The van der Waals surface area contributed by atoms with Crippen LogP contribution < -0.4 is 4.74 Å². The molecule has 1 nitrogen and oxygen atoms in total. The van der Waals surface area contributed by atoms with E-state index in [2.05, 4.69) is 11.8 Å². The van der Waals surface area contributed by atoms with Gasteiger partial charge < -0.3 is 4.74 Å². The van der Waals surface area contributed by atoms with Gasteiger partial charge in [0, 0.05) is 5.56 Å². The molecule has 0 aromatic heterocycles. The Morgan fingerprint density at radius 1 is 1.27 bits per heavy atom. The van der Waals surface area contributed by atoms with Gasteiger partial charge in [0.2, 0.25) is 0 Å². The van der Waals surface area contributed by atoms with E-state index in [0.29, 0.717) is 6.61 Å². The summed E-state index contributed by atoms with van der Waals surface area (Å²) in [6.45, 7) is 6.38. The van der Waals surface area contributed by atoms with Crippen LogP contribution in [0.3, 0.4) is 0 Å². The van der Waals surface area contributed by atoms with Gasteiger partial charge in [0.15, 0.2) is 0 Å². The van der Waals surface area contributed by atoms with Crippen LogP contribution in [-0.4, -0.2) is 11.5 Å². The fourth-order valence-corrected chi connectivity index (χ4v) is 1.07. The van der Waals surface area contributed by atoms with E-state index in [1.807, 2.05) is 45.0 Å². The lowest BCUT2D eigenvalue weighted by Gasteiger charge is -2.04. The predicted molar refractivity (Wildman–Crippen MR) is 64.4 cm³/mol. The van der Waals surface area contributed by atoms with Crippen LogP contribution in [0.15, 0.2) is 24.3 Å². The lowest BCUT2D eigenvalue weighted by molar-refractivity contribution is 0.340. The molecule has 0 heterocycles. The second kappa shape index (κ2) is 5.09. The van der Waals surface area contributed by atoms with Crippen LogP contribution >= 0.6 is 11.6 Å². The molecule has 1 aromatic rings. The minimum Gasteiger partial charge on any atom is -0.494 e. The molecule has 80 valence electrons. The smallest absolute Gasteiger partial charge is 0.119 e. The number of rotatable bonds is 2. The molecule has 0 amide bonds. The first-order chi connectivity index (χ1) is 7.01. The number of alkyl halides is 1. The second-order valence-electron chi connectivity index (χ2n) is 3.68. The number of halogens is 1. The summed E-state index contributed by atoms with van der Waals surface area (Å²) in [6.07, 6.45) is 0. The highest BCUT2D eigenvalue weighted by Gasteiger charge is 2.06. The highest BCUT2D eigenvalue weighted by Crippen LogP contribution is 2.13. The van der Waals surface area contributed by atoms with E-state index in [9.17, 15) is 0 Å². The largest absolute Gasteiger partial charge is 0.494 e. The zero-order chi connectivity index (χ0) is 11.3. The lowest BCUT2D eigenvalue weighted by Crippen LogP contribution is -2.04. The van der Waals surface area contributed by atoms with Crippen molar-refractivity contribution in [2.75, 3.05) is 6.61 Å². The van der Waals surface area contributed by atoms with Crippen molar-refractivity contribution >= 4 is 11.6 Å². The molecule has 1 rings (SSSR count). The van der Waals surface area contributed by atoms with Gasteiger partial charge in [0.05, 0.1) is 11.5 Å². The van der Waals surface area contributed by atoms with Gasteiger partial charge in [-0.3, -0.25) is 0 Å². The third-order valence-corrected chi connectivity index (χ3v) is 1.76. The maximum Gasteiger partial charge on any atom is 0.119 e. The summed E-state index contributed by atoms with van der Waals surface area (Å²) in [6, 6.07) is 7.69. The fourth-order valence-electron chi connectivity index (χ4n) is 1.02.